The van der Waals surface area contributed by atoms with E-state index in [1.54, 1.807) is 17.9 Å². The van der Waals surface area contributed by atoms with Crippen LogP contribution >= 0.6 is 11.3 Å². The predicted molar refractivity (Wildman–Crippen MR) is 87.5 cm³/mol. The fourth-order valence-electron chi connectivity index (χ4n) is 3.96. The number of aliphatic hydroxyl groups is 1. The van der Waals surface area contributed by atoms with Gasteiger partial charge in [-0.25, -0.2) is 0 Å². The van der Waals surface area contributed by atoms with Crippen LogP contribution in [-0.4, -0.2) is 32.7 Å². The first-order chi connectivity index (χ1) is 12.2. The molecule has 2 aliphatic heterocycles. The van der Waals surface area contributed by atoms with Crippen LogP contribution in [0.15, 0.2) is 12.3 Å². The van der Waals surface area contributed by atoms with E-state index in [1.807, 2.05) is 6.92 Å². The Kier molecular flexibility index (Phi) is 4.14. The maximum absolute atomic E-state index is 13.2. The number of thiophene rings is 1. The number of ether oxygens (including phenoxy) is 1. The zero-order valence-corrected chi connectivity index (χ0v) is 15.1. The first-order valence-corrected chi connectivity index (χ1v) is 9.15. The molecule has 0 amide bonds. The Morgan fingerprint density at radius 2 is 2.19 bits per heavy atom. The largest absolute Gasteiger partial charge is 0.425 e. The third-order valence-corrected chi connectivity index (χ3v) is 6.27. The second-order valence-corrected chi connectivity index (χ2v) is 8.14. The summed E-state index contributed by atoms with van der Waals surface area (Å²) >= 11 is 0.613. The zero-order valence-electron chi connectivity index (χ0n) is 14.2. The summed E-state index contributed by atoms with van der Waals surface area (Å²) in [5.41, 5.74) is 0.304. The van der Waals surface area contributed by atoms with E-state index in [-0.39, 0.29) is 18.7 Å². The number of aromatic nitrogens is 3. The molecule has 0 unspecified atom stereocenters. The summed E-state index contributed by atoms with van der Waals surface area (Å²) in [7, 11) is 1.76. The van der Waals surface area contributed by atoms with Crippen molar-refractivity contribution in [1.82, 2.24) is 20.3 Å². The molecule has 2 N–H and O–H groups in total. The van der Waals surface area contributed by atoms with Crippen LogP contribution in [0.5, 0.6) is 0 Å². The van der Waals surface area contributed by atoms with Gasteiger partial charge < -0.3 is 15.2 Å². The lowest BCUT2D eigenvalue weighted by Crippen LogP contribution is -2.50. The molecule has 1 fully saturated rings. The third-order valence-electron chi connectivity index (χ3n) is 4.98. The summed E-state index contributed by atoms with van der Waals surface area (Å²) in [6, 6.07) is 0.964. The van der Waals surface area contributed by atoms with E-state index < -0.39 is 22.8 Å². The summed E-state index contributed by atoms with van der Waals surface area (Å²) in [6.45, 7) is 1.96. The van der Waals surface area contributed by atoms with E-state index >= 15 is 0 Å². The predicted octanol–water partition coefficient (Wildman–Crippen LogP) is 2.67. The summed E-state index contributed by atoms with van der Waals surface area (Å²) < 4.78 is 47.3. The van der Waals surface area contributed by atoms with Crippen LogP contribution in [0.1, 0.15) is 52.9 Å². The van der Waals surface area contributed by atoms with Crippen LogP contribution in [0, 0.1) is 0 Å². The highest BCUT2D eigenvalue weighted by Crippen LogP contribution is 2.52. The Bertz CT molecular complexity index is 821. The maximum Gasteiger partial charge on any atom is 0.425 e. The molecule has 0 radical (unpaired) electrons. The van der Waals surface area contributed by atoms with Crippen LogP contribution in [0.25, 0.3) is 0 Å². The van der Waals surface area contributed by atoms with E-state index in [1.165, 1.54) is 0 Å². The van der Waals surface area contributed by atoms with Crippen molar-refractivity contribution in [3.63, 3.8) is 0 Å². The number of halogens is 3. The minimum absolute atomic E-state index is 0.00749. The van der Waals surface area contributed by atoms with Crippen LogP contribution in [0.2, 0.25) is 0 Å². The van der Waals surface area contributed by atoms with E-state index in [0.717, 1.165) is 11.8 Å². The molecule has 0 saturated carbocycles. The van der Waals surface area contributed by atoms with Crippen LogP contribution in [0.4, 0.5) is 13.2 Å². The number of aliphatic hydroxyl groups excluding tert-OH is 1. The number of hydrogen-bond acceptors (Lipinski definition) is 6. The van der Waals surface area contributed by atoms with Crippen molar-refractivity contribution < 1.29 is 23.0 Å². The summed E-state index contributed by atoms with van der Waals surface area (Å²) in [4.78, 5) is -0.343. The average Bonchev–Trinajstić information content (AvgIpc) is 3.18. The van der Waals surface area contributed by atoms with Gasteiger partial charge in [-0.15, -0.1) is 16.4 Å². The lowest BCUT2D eigenvalue weighted by molar-refractivity contribution is -0.136. The second kappa shape index (κ2) is 6.01. The highest BCUT2D eigenvalue weighted by molar-refractivity contribution is 7.12. The molecule has 2 aromatic heterocycles. The molecule has 6 nitrogen and oxygen atoms in total. The summed E-state index contributed by atoms with van der Waals surface area (Å²) in [6.07, 6.45) is -2.72. The quantitative estimate of drug-likeness (QED) is 0.786. The Morgan fingerprint density at radius 1 is 1.42 bits per heavy atom. The van der Waals surface area contributed by atoms with Gasteiger partial charge in [-0.05, 0) is 19.4 Å². The number of nitrogens with one attached hydrogen (secondary N) is 1. The van der Waals surface area contributed by atoms with Gasteiger partial charge in [0.05, 0.1) is 23.9 Å². The first-order valence-electron chi connectivity index (χ1n) is 8.34. The van der Waals surface area contributed by atoms with Gasteiger partial charge in [0.15, 0.2) is 0 Å². The first kappa shape index (κ1) is 17.9. The zero-order chi connectivity index (χ0) is 18.7. The number of rotatable bonds is 1. The molecule has 10 heteroatoms. The highest BCUT2D eigenvalue weighted by Gasteiger charge is 2.49. The minimum Gasteiger partial charge on any atom is -0.385 e. The van der Waals surface area contributed by atoms with Crippen LogP contribution in [0.3, 0.4) is 0 Å². The molecular weight excluding hydrogens is 369 g/mol. The van der Waals surface area contributed by atoms with Crippen molar-refractivity contribution in [1.29, 1.82) is 0 Å². The van der Waals surface area contributed by atoms with Gasteiger partial charge in [-0.3, -0.25) is 4.68 Å². The van der Waals surface area contributed by atoms with Crippen molar-refractivity contribution in [3.05, 3.63) is 33.3 Å². The fraction of sp³-hybridized carbons (Fsp3) is 0.625. The number of nitrogens with zero attached hydrogens (tertiary/aromatic N) is 3. The Balaban J connectivity index is 1.76. The van der Waals surface area contributed by atoms with Crippen molar-refractivity contribution in [2.45, 2.75) is 49.7 Å². The smallest absolute Gasteiger partial charge is 0.385 e. The molecule has 2 aromatic rings. The molecule has 0 aromatic carbocycles. The van der Waals surface area contributed by atoms with Crippen LogP contribution in [-0.2, 0) is 23.6 Å². The van der Waals surface area contributed by atoms with E-state index in [9.17, 15) is 18.3 Å². The SMILES string of the molecule is C[C@H]1C[C@@]2(C[C@@H](c3cn(C)nn3)N1)OC[C@@H](O)c1sc(C(F)(F)F)cc12. The summed E-state index contributed by atoms with van der Waals surface area (Å²) in [5.74, 6) is 0. The van der Waals surface area contributed by atoms with E-state index in [4.69, 9.17) is 4.74 Å². The minimum atomic E-state index is -4.44. The van der Waals surface area contributed by atoms with Gasteiger partial charge in [0.25, 0.3) is 0 Å². The van der Waals surface area contributed by atoms with Gasteiger partial charge in [0, 0.05) is 36.1 Å². The van der Waals surface area contributed by atoms with Crippen molar-refractivity contribution in [2.24, 2.45) is 7.05 Å². The number of fused-ring (bicyclic) bond motifs is 2. The van der Waals surface area contributed by atoms with E-state index in [2.05, 4.69) is 15.6 Å². The van der Waals surface area contributed by atoms with Gasteiger partial charge in [-0.1, -0.05) is 5.21 Å². The van der Waals surface area contributed by atoms with E-state index in [0.29, 0.717) is 34.6 Å². The molecular formula is C16H19F3N4O2S. The van der Waals surface area contributed by atoms with Gasteiger partial charge in [0.1, 0.15) is 11.0 Å². The highest BCUT2D eigenvalue weighted by atomic mass is 32.1. The Labute approximate surface area is 152 Å². The summed E-state index contributed by atoms with van der Waals surface area (Å²) in [5, 5.41) is 21.7. The molecule has 26 heavy (non-hydrogen) atoms. The van der Waals surface area contributed by atoms with Crippen molar-refractivity contribution in [2.75, 3.05) is 6.61 Å². The monoisotopic (exact) mass is 388 g/mol. The topological polar surface area (TPSA) is 72.2 Å². The molecule has 0 bridgehead atoms. The Hall–Kier alpha value is -1.49. The molecule has 2 aliphatic rings. The maximum atomic E-state index is 13.2. The number of aryl methyl sites for hydroxylation is 1. The number of piperidine rings is 1. The third kappa shape index (κ3) is 2.94. The van der Waals surface area contributed by atoms with Gasteiger partial charge in [-0.2, -0.15) is 13.2 Å². The standard InChI is InChI=1S/C16H19F3N4O2S/c1-8-4-15(5-10(20-8)11-6-23(2)22-21-11)9-3-13(16(17,18)19)26-14(9)12(24)7-25-15/h3,6,8,10,12,20,24H,4-5,7H2,1-2H3/t8-,10-,12+,15-/m0/s1. The molecule has 142 valence electrons. The normalized spacial score (nSPS) is 32.0. The fourth-order valence-corrected chi connectivity index (χ4v) is 5.05. The van der Waals surface area contributed by atoms with Crippen molar-refractivity contribution in [3.8, 4) is 0 Å². The average molecular weight is 388 g/mol. The Morgan fingerprint density at radius 3 is 2.85 bits per heavy atom. The van der Waals surface area contributed by atoms with Gasteiger partial charge in [0.2, 0.25) is 0 Å². The number of alkyl halides is 3. The molecule has 0 aliphatic carbocycles. The van der Waals surface area contributed by atoms with Gasteiger partial charge >= 0.3 is 6.18 Å². The lowest BCUT2D eigenvalue weighted by atomic mass is 9.76. The molecule has 4 heterocycles. The second-order valence-electron chi connectivity index (χ2n) is 7.05. The number of hydrogen-bond donors (Lipinski definition) is 2. The molecule has 4 rings (SSSR count). The van der Waals surface area contributed by atoms with Crippen molar-refractivity contribution >= 4 is 11.3 Å². The molecule has 1 spiro atoms. The van der Waals surface area contributed by atoms with Crippen LogP contribution < -0.4 is 5.32 Å². The lowest BCUT2D eigenvalue weighted by Gasteiger charge is -2.46. The molecule has 1 saturated heterocycles. The molecule has 4 atom stereocenters.